The van der Waals surface area contributed by atoms with E-state index in [1.807, 2.05) is 27.7 Å². The van der Waals surface area contributed by atoms with Crippen LogP contribution in [-0.2, 0) is 11.2 Å². The predicted octanol–water partition coefficient (Wildman–Crippen LogP) is 3.71. The van der Waals surface area contributed by atoms with E-state index >= 15 is 0 Å². The molecule has 0 spiro atoms. The van der Waals surface area contributed by atoms with E-state index in [2.05, 4.69) is 10.3 Å². The highest BCUT2D eigenvalue weighted by Gasteiger charge is 2.17. The summed E-state index contributed by atoms with van der Waals surface area (Å²) in [7, 11) is 0. The van der Waals surface area contributed by atoms with Crippen LogP contribution in [0.15, 0.2) is 24.3 Å². The molecule has 1 aromatic carbocycles. The molecule has 1 N–H and O–H groups in total. The second kappa shape index (κ2) is 5.93. The molecule has 0 saturated heterocycles. The number of thiazole rings is 1. The Morgan fingerprint density at radius 2 is 1.90 bits per heavy atom. The number of aromatic nitrogens is 1. The van der Waals surface area contributed by atoms with Crippen molar-refractivity contribution >= 4 is 17.2 Å². The molecule has 0 aliphatic heterocycles. The summed E-state index contributed by atoms with van der Waals surface area (Å²) < 4.78 is 12.9. The summed E-state index contributed by atoms with van der Waals surface area (Å²) in [5, 5.41) is 3.75. The van der Waals surface area contributed by atoms with Crippen LogP contribution in [0.5, 0.6) is 0 Å². The zero-order valence-electron chi connectivity index (χ0n) is 12.7. The summed E-state index contributed by atoms with van der Waals surface area (Å²) in [6.07, 6.45) is 0.321. The Labute approximate surface area is 128 Å². The van der Waals surface area contributed by atoms with Crippen LogP contribution < -0.4 is 5.32 Å². The first-order valence-corrected chi connectivity index (χ1v) is 7.59. The fraction of sp³-hybridized carbons (Fsp3) is 0.375. The maximum atomic E-state index is 12.9. The Kier molecular flexibility index (Phi) is 4.42. The minimum atomic E-state index is -0.267. The molecule has 0 aliphatic rings. The Hall–Kier alpha value is -1.75. The molecule has 0 saturated carbocycles. The normalized spacial score (nSPS) is 11.5. The second-order valence-electron chi connectivity index (χ2n) is 6.01. The van der Waals surface area contributed by atoms with Gasteiger partial charge in [0.15, 0.2) is 0 Å². The number of halogens is 1. The van der Waals surface area contributed by atoms with Crippen molar-refractivity contribution in [1.29, 1.82) is 0 Å². The van der Waals surface area contributed by atoms with Crippen LogP contribution in [0.4, 0.5) is 4.39 Å². The molecule has 2 aromatic rings. The number of benzene rings is 1. The van der Waals surface area contributed by atoms with Gasteiger partial charge in [-0.3, -0.25) is 4.79 Å². The predicted molar refractivity (Wildman–Crippen MR) is 83.8 cm³/mol. The fourth-order valence-corrected chi connectivity index (χ4v) is 2.98. The first-order valence-electron chi connectivity index (χ1n) is 6.78. The van der Waals surface area contributed by atoms with Crippen LogP contribution in [0.25, 0.3) is 10.6 Å². The molecule has 0 unspecified atom stereocenters. The molecule has 0 radical (unpaired) electrons. The number of carbonyl (C=O) groups excluding carboxylic acids is 1. The highest BCUT2D eigenvalue weighted by molar-refractivity contribution is 7.15. The lowest BCUT2D eigenvalue weighted by atomic mass is 10.1. The van der Waals surface area contributed by atoms with Gasteiger partial charge in [0.25, 0.3) is 0 Å². The monoisotopic (exact) mass is 306 g/mol. The number of nitrogens with zero attached hydrogens (tertiary/aromatic N) is 1. The lowest BCUT2D eigenvalue weighted by Crippen LogP contribution is -2.41. The first-order chi connectivity index (χ1) is 9.74. The van der Waals surface area contributed by atoms with Gasteiger partial charge in [0.1, 0.15) is 10.8 Å². The molecule has 21 heavy (non-hydrogen) atoms. The summed E-state index contributed by atoms with van der Waals surface area (Å²) in [6, 6.07) is 6.23. The molecular weight excluding hydrogens is 287 g/mol. The molecule has 1 amide bonds. The zero-order valence-corrected chi connectivity index (χ0v) is 13.5. The van der Waals surface area contributed by atoms with Crippen molar-refractivity contribution in [2.24, 2.45) is 0 Å². The molecule has 0 bridgehead atoms. The van der Waals surface area contributed by atoms with Gasteiger partial charge < -0.3 is 5.32 Å². The molecule has 0 atom stereocenters. The summed E-state index contributed by atoms with van der Waals surface area (Å²) in [6.45, 7) is 7.75. The minimum Gasteiger partial charge on any atom is -0.351 e. The van der Waals surface area contributed by atoms with E-state index in [0.29, 0.717) is 6.42 Å². The molecule has 5 heteroatoms. The van der Waals surface area contributed by atoms with Gasteiger partial charge >= 0.3 is 0 Å². The Bertz CT molecular complexity index is 641. The van der Waals surface area contributed by atoms with E-state index in [1.165, 1.54) is 23.5 Å². The molecule has 1 aromatic heterocycles. The highest BCUT2D eigenvalue weighted by Crippen LogP contribution is 2.28. The molecule has 1 heterocycles. The van der Waals surface area contributed by atoms with Gasteiger partial charge in [-0.1, -0.05) is 0 Å². The van der Waals surface area contributed by atoms with E-state index < -0.39 is 0 Å². The maximum absolute atomic E-state index is 12.9. The van der Waals surface area contributed by atoms with Crippen LogP contribution in [0, 0.1) is 12.7 Å². The average Bonchev–Trinajstić information content (AvgIpc) is 2.69. The van der Waals surface area contributed by atoms with Gasteiger partial charge in [-0.05, 0) is 52.0 Å². The van der Waals surface area contributed by atoms with Crippen LogP contribution in [0.3, 0.4) is 0 Å². The lowest BCUT2D eigenvalue weighted by molar-refractivity contribution is -0.121. The Morgan fingerprint density at radius 1 is 1.29 bits per heavy atom. The molecule has 0 aliphatic carbocycles. The summed E-state index contributed by atoms with van der Waals surface area (Å²) in [5.74, 6) is -0.281. The summed E-state index contributed by atoms with van der Waals surface area (Å²) in [5.41, 5.74) is 1.48. The van der Waals surface area contributed by atoms with Gasteiger partial charge in [0.2, 0.25) is 5.91 Å². The summed E-state index contributed by atoms with van der Waals surface area (Å²) in [4.78, 5) is 17.4. The molecule has 0 fully saturated rings. The number of aryl methyl sites for hydroxylation is 1. The van der Waals surface area contributed by atoms with Crippen molar-refractivity contribution in [2.75, 3.05) is 0 Å². The van der Waals surface area contributed by atoms with Gasteiger partial charge in [0, 0.05) is 16.0 Å². The Balaban J connectivity index is 2.16. The molecule has 112 valence electrons. The topological polar surface area (TPSA) is 42.0 Å². The number of rotatable bonds is 3. The smallest absolute Gasteiger partial charge is 0.225 e. The second-order valence-corrected chi connectivity index (χ2v) is 7.09. The standard InChI is InChI=1S/C16H19FN2OS/c1-10-13(9-14(20)19-16(2,3)4)21-15(18-10)11-5-7-12(17)8-6-11/h5-8H,9H2,1-4H3,(H,19,20). The van der Waals surface area contributed by atoms with Crippen molar-refractivity contribution in [3.8, 4) is 10.6 Å². The van der Waals surface area contributed by atoms with Crippen LogP contribution in [0.1, 0.15) is 31.3 Å². The number of hydrogen-bond acceptors (Lipinski definition) is 3. The van der Waals surface area contributed by atoms with E-state index in [0.717, 1.165) is 21.1 Å². The van der Waals surface area contributed by atoms with E-state index in [-0.39, 0.29) is 17.3 Å². The zero-order chi connectivity index (χ0) is 15.6. The molecule has 2 rings (SSSR count). The summed E-state index contributed by atoms with van der Waals surface area (Å²) >= 11 is 1.48. The van der Waals surface area contributed by atoms with Gasteiger partial charge in [-0.25, -0.2) is 9.37 Å². The largest absolute Gasteiger partial charge is 0.351 e. The third-order valence-corrected chi connectivity index (χ3v) is 4.03. The van der Waals surface area contributed by atoms with Crippen LogP contribution in [0.2, 0.25) is 0 Å². The van der Waals surface area contributed by atoms with Crippen molar-refractivity contribution in [2.45, 2.75) is 39.7 Å². The Morgan fingerprint density at radius 3 is 2.48 bits per heavy atom. The molecule has 3 nitrogen and oxygen atoms in total. The lowest BCUT2D eigenvalue weighted by Gasteiger charge is -2.20. The average molecular weight is 306 g/mol. The van der Waals surface area contributed by atoms with E-state index in [4.69, 9.17) is 0 Å². The highest BCUT2D eigenvalue weighted by atomic mass is 32.1. The van der Waals surface area contributed by atoms with Gasteiger partial charge in [-0.2, -0.15) is 0 Å². The molecular formula is C16H19FN2OS. The fourth-order valence-electron chi connectivity index (χ4n) is 1.92. The number of carbonyl (C=O) groups is 1. The van der Waals surface area contributed by atoms with Crippen molar-refractivity contribution in [3.05, 3.63) is 40.7 Å². The SMILES string of the molecule is Cc1nc(-c2ccc(F)cc2)sc1CC(=O)NC(C)(C)C. The van der Waals surface area contributed by atoms with Gasteiger partial charge in [-0.15, -0.1) is 11.3 Å². The van der Waals surface area contributed by atoms with Crippen molar-refractivity contribution in [1.82, 2.24) is 10.3 Å². The first kappa shape index (κ1) is 15.6. The maximum Gasteiger partial charge on any atom is 0.225 e. The van der Waals surface area contributed by atoms with E-state index in [9.17, 15) is 9.18 Å². The quantitative estimate of drug-likeness (QED) is 0.939. The third kappa shape index (κ3) is 4.36. The number of nitrogens with one attached hydrogen (secondary N) is 1. The van der Waals surface area contributed by atoms with Crippen LogP contribution >= 0.6 is 11.3 Å². The minimum absolute atomic E-state index is 0.0140. The number of hydrogen-bond donors (Lipinski definition) is 1. The third-order valence-electron chi connectivity index (χ3n) is 2.82. The number of amides is 1. The van der Waals surface area contributed by atoms with Crippen molar-refractivity contribution < 1.29 is 9.18 Å². The van der Waals surface area contributed by atoms with Crippen LogP contribution in [-0.4, -0.2) is 16.4 Å². The van der Waals surface area contributed by atoms with E-state index in [1.54, 1.807) is 12.1 Å². The van der Waals surface area contributed by atoms with Crippen molar-refractivity contribution in [3.63, 3.8) is 0 Å². The van der Waals surface area contributed by atoms with Gasteiger partial charge in [0.05, 0.1) is 12.1 Å².